The van der Waals surface area contributed by atoms with E-state index >= 15 is 0 Å². The van der Waals surface area contributed by atoms with Crippen LogP contribution in [0.25, 0.3) is 0 Å². The van der Waals surface area contributed by atoms with E-state index < -0.39 is 0 Å². The average Bonchev–Trinajstić information content (AvgIpc) is 2.48. The maximum atomic E-state index is 12.2. The summed E-state index contributed by atoms with van der Waals surface area (Å²) in [4.78, 5) is 17.1. The van der Waals surface area contributed by atoms with Crippen LogP contribution in [-0.4, -0.2) is 72.0 Å². The number of hydrogen-bond acceptors (Lipinski definition) is 4. The minimum absolute atomic E-state index is 0.230. The third-order valence-electron chi connectivity index (χ3n) is 4.99. The average molecular weight is 342 g/mol. The zero-order valence-corrected chi connectivity index (χ0v) is 16.0. The number of carbonyl (C=O) groups excluding carboxylic acids is 1. The van der Waals surface area contributed by atoms with E-state index in [2.05, 4.69) is 35.9 Å². The molecule has 1 aliphatic carbocycles. The molecule has 2 rings (SSSR count). The molecule has 5 heteroatoms. The summed E-state index contributed by atoms with van der Waals surface area (Å²) in [7, 11) is 0. The fourth-order valence-corrected chi connectivity index (χ4v) is 4.47. The number of thioether (sulfide) groups is 1. The molecule has 1 amide bonds. The maximum Gasteiger partial charge on any atom is 0.234 e. The molecule has 2 aliphatic rings. The van der Waals surface area contributed by atoms with Gasteiger partial charge in [0, 0.05) is 44.5 Å². The molecule has 0 radical (unpaired) electrons. The van der Waals surface area contributed by atoms with Crippen LogP contribution >= 0.6 is 11.8 Å². The smallest absolute Gasteiger partial charge is 0.234 e. The standard InChI is InChI=1S/C18H35N3OS/c1-15(2)23-12-11-20-7-9-21(10-8-20)14-18(22)19-17-6-4-5-16(3)13-17/h15-17H,4-14H2,1-3H3,(H,19,22). The minimum atomic E-state index is 0.230. The lowest BCUT2D eigenvalue weighted by atomic mass is 9.87. The molecule has 0 aromatic heterocycles. The molecule has 4 nitrogen and oxygen atoms in total. The number of amides is 1. The molecule has 1 saturated heterocycles. The molecule has 2 fully saturated rings. The third-order valence-corrected chi connectivity index (χ3v) is 6.08. The molecule has 1 aliphatic heterocycles. The van der Waals surface area contributed by atoms with Crippen molar-refractivity contribution in [3.63, 3.8) is 0 Å². The maximum absolute atomic E-state index is 12.2. The van der Waals surface area contributed by atoms with E-state index in [0.717, 1.165) is 50.2 Å². The Morgan fingerprint density at radius 2 is 1.87 bits per heavy atom. The van der Waals surface area contributed by atoms with Crippen LogP contribution in [0.1, 0.15) is 46.5 Å². The Kier molecular flexibility index (Phi) is 8.21. The van der Waals surface area contributed by atoms with Gasteiger partial charge in [0.15, 0.2) is 0 Å². The molecule has 1 N–H and O–H groups in total. The quantitative estimate of drug-likeness (QED) is 0.771. The predicted octanol–water partition coefficient (Wildman–Crippen LogP) is 2.44. The van der Waals surface area contributed by atoms with E-state index in [4.69, 9.17) is 0 Å². The van der Waals surface area contributed by atoms with Crippen LogP contribution in [0.2, 0.25) is 0 Å². The van der Waals surface area contributed by atoms with E-state index in [1.807, 2.05) is 11.8 Å². The van der Waals surface area contributed by atoms with Crippen LogP contribution < -0.4 is 5.32 Å². The summed E-state index contributed by atoms with van der Waals surface area (Å²) in [6.45, 7) is 12.8. The van der Waals surface area contributed by atoms with Gasteiger partial charge in [-0.25, -0.2) is 0 Å². The second-order valence-electron chi connectivity index (χ2n) is 7.57. The molecule has 1 heterocycles. The molecule has 1 saturated carbocycles. The van der Waals surface area contributed by atoms with Gasteiger partial charge >= 0.3 is 0 Å². The highest BCUT2D eigenvalue weighted by atomic mass is 32.2. The van der Waals surface area contributed by atoms with Crippen LogP contribution in [0.3, 0.4) is 0 Å². The lowest BCUT2D eigenvalue weighted by Gasteiger charge is -2.35. The molecule has 0 aromatic rings. The van der Waals surface area contributed by atoms with Gasteiger partial charge in [-0.3, -0.25) is 14.6 Å². The van der Waals surface area contributed by atoms with Crippen LogP contribution in [0.5, 0.6) is 0 Å². The fourth-order valence-electron chi connectivity index (χ4n) is 3.63. The van der Waals surface area contributed by atoms with Crippen molar-refractivity contribution in [3.05, 3.63) is 0 Å². The van der Waals surface area contributed by atoms with Crippen molar-refractivity contribution in [1.29, 1.82) is 0 Å². The van der Waals surface area contributed by atoms with Gasteiger partial charge in [0.25, 0.3) is 0 Å². The fraction of sp³-hybridized carbons (Fsp3) is 0.944. The third kappa shape index (κ3) is 7.44. The lowest BCUT2D eigenvalue weighted by Crippen LogP contribution is -2.51. The Balaban J connectivity index is 1.59. The van der Waals surface area contributed by atoms with E-state index in [-0.39, 0.29) is 5.91 Å². The van der Waals surface area contributed by atoms with Gasteiger partial charge in [0.2, 0.25) is 5.91 Å². The van der Waals surface area contributed by atoms with Crippen molar-refractivity contribution in [2.24, 2.45) is 5.92 Å². The van der Waals surface area contributed by atoms with E-state index in [9.17, 15) is 4.79 Å². The first-order valence-electron chi connectivity index (χ1n) is 9.38. The van der Waals surface area contributed by atoms with Gasteiger partial charge in [0.05, 0.1) is 6.54 Å². The summed E-state index contributed by atoms with van der Waals surface area (Å²) < 4.78 is 0. The second-order valence-corrected chi connectivity index (χ2v) is 9.26. The van der Waals surface area contributed by atoms with E-state index in [1.54, 1.807) is 0 Å². The zero-order valence-electron chi connectivity index (χ0n) is 15.2. The molecule has 0 bridgehead atoms. The molecule has 2 unspecified atom stereocenters. The summed E-state index contributed by atoms with van der Waals surface area (Å²) in [5.41, 5.74) is 0. The van der Waals surface area contributed by atoms with E-state index in [0.29, 0.717) is 12.6 Å². The molecule has 2 atom stereocenters. The topological polar surface area (TPSA) is 35.6 Å². The van der Waals surface area contributed by atoms with Crippen LogP contribution in [0.15, 0.2) is 0 Å². The SMILES string of the molecule is CC1CCCC(NC(=O)CN2CCN(CCSC(C)C)CC2)C1. The van der Waals surface area contributed by atoms with Gasteiger partial charge < -0.3 is 5.32 Å². The van der Waals surface area contributed by atoms with Gasteiger partial charge in [-0.1, -0.05) is 33.6 Å². The number of carbonyl (C=O) groups is 1. The van der Waals surface area contributed by atoms with Crippen molar-refractivity contribution < 1.29 is 4.79 Å². The van der Waals surface area contributed by atoms with Gasteiger partial charge in [-0.15, -0.1) is 0 Å². The Morgan fingerprint density at radius 1 is 1.17 bits per heavy atom. The Hall–Kier alpha value is -0.260. The number of hydrogen-bond donors (Lipinski definition) is 1. The Labute approximate surface area is 146 Å². The summed E-state index contributed by atoms with van der Waals surface area (Å²) in [6, 6.07) is 0.417. The van der Waals surface area contributed by atoms with Gasteiger partial charge in [-0.2, -0.15) is 11.8 Å². The lowest BCUT2D eigenvalue weighted by molar-refractivity contribution is -0.123. The molecule has 134 valence electrons. The van der Waals surface area contributed by atoms with Gasteiger partial charge in [-0.05, 0) is 24.0 Å². The van der Waals surface area contributed by atoms with Crippen LogP contribution in [0, 0.1) is 5.92 Å². The number of rotatable bonds is 7. The Bertz CT molecular complexity index is 356. The van der Waals surface area contributed by atoms with Gasteiger partial charge in [0.1, 0.15) is 0 Å². The minimum Gasteiger partial charge on any atom is -0.352 e. The molecular formula is C18H35N3OS. The van der Waals surface area contributed by atoms with Crippen LogP contribution in [0.4, 0.5) is 0 Å². The largest absolute Gasteiger partial charge is 0.352 e. The first kappa shape index (κ1) is 19.1. The van der Waals surface area contributed by atoms with Crippen molar-refractivity contribution >= 4 is 17.7 Å². The highest BCUT2D eigenvalue weighted by Crippen LogP contribution is 2.23. The number of nitrogens with zero attached hydrogens (tertiary/aromatic N) is 2. The second kappa shape index (κ2) is 9.90. The molecular weight excluding hydrogens is 306 g/mol. The summed E-state index contributed by atoms with van der Waals surface area (Å²) in [5.74, 6) is 2.21. The number of piperazine rings is 1. The summed E-state index contributed by atoms with van der Waals surface area (Å²) in [6.07, 6.45) is 4.91. The molecule has 0 aromatic carbocycles. The monoisotopic (exact) mass is 341 g/mol. The normalized spacial score (nSPS) is 27.3. The molecule has 23 heavy (non-hydrogen) atoms. The van der Waals surface area contributed by atoms with Crippen molar-refractivity contribution in [2.75, 3.05) is 45.0 Å². The number of nitrogens with one attached hydrogen (secondary N) is 1. The first-order chi connectivity index (χ1) is 11.0. The first-order valence-corrected chi connectivity index (χ1v) is 10.4. The van der Waals surface area contributed by atoms with E-state index in [1.165, 1.54) is 25.1 Å². The Morgan fingerprint density at radius 3 is 2.52 bits per heavy atom. The highest BCUT2D eigenvalue weighted by molar-refractivity contribution is 7.99. The zero-order chi connectivity index (χ0) is 16.7. The van der Waals surface area contributed by atoms with Crippen molar-refractivity contribution in [1.82, 2.24) is 15.1 Å². The summed E-state index contributed by atoms with van der Waals surface area (Å²) >= 11 is 2.04. The molecule has 0 spiro atoms. The summed E-state index contributed by atoms with van der Waals surface area (Å²) in [5, 5.41) is 3.98. The van der Waals surface area contributed by atoms with Crippen molar-refractivity contribution in [3.8, 4) is 0 Å². The van der Waals surface area contributed by atoms with Crippen LogP contribution in [-0.2, 0) is 4.79 Å². The van der Waals surface area contributed by atoms with Crippen molar-refractivity contribution in [2.45, 2.75) is 57.7 Å². The highest BCUT2D eigenvalue weighted by Gasteiger charge is 2.23. The predicted molar refractivity (Wildman–Crippen MR) is 100 cm³/mol.